The van der Waals surface area contributed by atoms with E-state index in [4.69, 9.17) is 21.1 Å². The van der Waals surface area contributed by atoms with Crippen LogP contribution in [0.4, 0.5) is 5.69 Å². The molecule has 1 aliphatic rings. The molecule has 10 heteroatoms. The highest BCUT2D eigenvalue weighted by atomic mass is 35.5. The Morgan fingerprint density at radius 2 is 1.68 bits per heavy atom. The first-order valence-corrected chi connectivity index (χ1v) is 12.2. The highest BCUT2D eigenvalue weighted by Gasteiger charge is 2.28. The molecule has 34 heavy (non-hydrogen) atoms. The largest absolute Gasteiger partial charge is 0.423 e. The molecule has 0 unspecified atom stereocenters. The van der Waals surface area contributed by atoms with Crippen LogP contribution in [-0.2, 0) is 14.8 Å². The van der Waals surface area contributed by atoms with Crippen LogP contribution < -0.4 is 10.1 Å². The van der Waals surface area contributed by atoms with Crippen molar-refractivity contribution in [2.45, 2.75) is 4.90 Å². The monoisotopic (exact) mass is 500 g/mol. The van der Waals surface area contributed by atoms with Gasteiger partial charge in [0.05, 0.1) is 28.7 Å². The van der Waals surface area contributed by atoms with Crippen molar-refractivity contribution >= 4 is 39.2 Å². The SMILES string of the molecule is O=C(Nc1cccc(OC(=O)c2cc(S(=O)(=O)N3CCOCC3)ccc2Cl)c1)c1ccccc1. The summed E-state index contributed by atoms with van der Waals surface area (Å²) in [6.07, 6.45) is 0. The predicted molar refractivity (Wildman–Crippen MR) is 127 cm³/mol. The molecular formula is C24H21ClN2O6S. The second kappa shape index (κ2) is 10.4. The highest BCUT2D eigenvalue weighted by Crippen LogP contribution is 2.26. The minimum atomic E-state index is -3.81. The van der Waals surface area contributed by atoms with Crippen LogP contribution in [-0.4, -0.2) is 50.9 Å². The van der Waals surface area contributed by atoms with Crippen molar-refractivity contribution in [1.29, 1.82) is 0 Å². The van der Waals surface area contributed by atoms with Crippen LogP contribution in [0.1, 0.15) is 20.7 Å². The summed E-state index contributed by atoms with van der Waals surface area (Å²) < 4.78 is 37.8. The van der Waals surface area contributed by atoms with Crippen LogP contribution >= 0.6 is 11.6 Å². The molecule has 8 nitrogen and oxygen atoms in total. The molecule has 0 aliphatic carbocycles. The third-order valence-corrected chi connectivity index (χ3v) is 7.33. The zero-order valence-electron chi connectivity index (χ0n) is 17.9. The van der Waals surface area contributed by atoms with E-state index >= 15 is 0 Å². The van der Waals surface area contributed by atoms with Gasteiger partial charge in [0.25, 0.3) is 5.91 Å². The number of nitrogens with one attached hydrogen (secondary N) is 1. The fraction of sp³-hybridized carbons (Fsp3) is 0.167. The topological polar surface area (TPSA) is 102 Å². The van der Waals surface area contributed by atoms with Gasteiger partial charge >= 0.3 is 5.97 Å². The van der Waals surface area contributed by atoms with Gasteiger partial charge in [0.1, 0.15) is 5.75 Å². The van der Waals surface area contributed by atoms with Crippen molar-refractivity contribution < 1.29 is 27.5 Å². The number of morpholine rings is 1. The molecule has 0 spiro atoms. The van der Waals surface area contributed by atoms with E-state index in [1.54, 1.807) is 36.4 Å². The average Bonchev–Trinajstić information content (AvgIpc) is 2.85. The molecule has 1 heterocycles. The number of halogens is 1. The number of nitrogens with zero attached hydrogens (tertiary/aromatic N) is 1. The van der Waals surface area contributed by atoms with E-state index in [1.807, 2.05) is 6.07 Å². The second-order valence-electron chi connectivity index (χ2n) is 7.40. The number of carbonyl (C=O) groups is 2. The third kappa shape index (κ3) is 5.45. The highest BCUT2D eigenvalue weighted by molar-refractivity contribution is 7.89. The maximum Gasteiger partial charge on any atom is 0.345 e. The molecule has 0 atom stereocenters. The Hall–Kier alpha value is -3.24. The van der Waals surface area contributed by atoms with Gasteiger partial charge in [0, 0.05) is 30.4 Å². The Bertz CT molecular complexity index is 1310. The molecule has 1 saturated heterocycles. The third-order valence-electron chi connectivity index (χ3n) is 5.10. The fourth-order valence-electron chi connectivity index (χ4n) is 3.35. The van der Waals surface area contributed by atoms with Crippen LogP contribution in [0, 0.1) is 0 Å². The number of ether oxygens (including phenoxy) is 2. The molecule has 1 N–H and O–H groups in total. The molecule has 0 bridgehead atoms. The number of anilines is 1. The van der Waals surface area contributed by atoms with Crippen LogP contribution in [0.3, 0.4) is 0 Å². The number of carbonyl (C=O) groups excluding carboxylic acids is 2. The summed E-state index contributed by atoms with van der Waals surface area (Å²) in [5.41, 5.74) is 0.818. The molecule has 0 saturated carbocycles. The summed E-state index contributed by atoms with van der Waals surface area (Å²) in [4.78, 5) is 25.1. The lowest BCUT2D eigenvalue weighted by Gasteiger charge is -2.26. The van der Waals surface area contributed by atoms with Gasteiger partial charge in [-0.05, 0) is 42.5 Å². The summed E-state index contributed by atoms with van der Waals surface area (Å²) >= 11 is 6.17. The molecule has 1 amide bonds. The van der Waals surface area contributed by atoms with Gasteiger partial charge in [0.2, 0.25) is 10.0 Å². The Labute approximate surface area is 202 Å². The van der Waals surface area contributed by atoms with Gasteiger partial charge < -0.3 is 14.8 Å². The van der Waals surface area contributed by atoms with Crippen LogP contribution in [0.15, 0.2) is 77.7 Å². The van der Waals surface area contributed by atoms with E-state index in [-0.39, 0.29) is 40.2 Å². The van der Waals surface area contributed by atoms with E-state index in [2.05, 4.69) is 5.32 Å². The summed E-state index contributed by atoms with van der Waals surface area (Å²) in [6, 6.07) is 18.9. The molecule has 0 aromatic heterocycles. The van der Waals surface area contributed by atoms with Crippen molar-refractivity contribution in [2.75, 3.05) is 31.6 Å². The number of hydrogen-bond donors (Lipinski definition) is 1. The zero-order valence-corrected chi connectivity index (χ0v) is 19.5. The maximum atomic E-state index is 12.9. The average molecular weight is 501 g/mol. The number of amides is 1. The van der Waals surface area contributed by atoms with Gasteiger partial charge in [-0.2, -0.15) is 4.31 Å². The molecule has 176 valence electrons. The summed E-state index contributed by atoms with van der Waals surface area (Å²) in [6.45, 7) is 1.07. The van der Waals surface area contributed by atoms with Crippen LogP contribution in [0.25, 0.3) is 0 Å². The molecule has 3 aromatic carbocycles. The fourth-order valence-corrected chi connectivity index (χ4v) is 4.98. The van der Waals surface area contributed by atoms with Crippen molar-refractivity contribution in [3.05, 3.63) is 88.9 Å². The molecule has 0 radical (unpaired) electrons. The van der Waals surface area contributed by atoms with Crippen LogP contribution in [0.5, 0.6) is 5.75 Å². The molecule has 4 rings (SSSR count). The first-order valence-electron chi connectivity index (χ1n) is 10.4. The second-order valence-corrected chi connectivity index (χ2v) is 9.74. The lowest BCUT2D eigenvalue weighted by Crippen LogP contribution is -2.40. The van der Waals surface area contributed by atoms with Gasteiger partial charge in [-0.15, -0.1) is 0 Å². The molecule has 1 aliphatic heterocycles. The number of sulfonamides is 1. The van der Waals surface area contributed by atoms with Crippen molar-refractivity contribution in [3.8, 4) is 5.75 Å². The van der Waals surface area contributed by atoms with E-state index in [9.17, 15) is 18.0 Å². The van der Waals surface area contributed by atoms with Gasteiger partial charge in [-0.1, -0.05) is 35.9 Å². The van der Waals surface area contributed by atoms with Gasteiger partial charge in [0.15, 0.2) is 0 Å². The summed E-state index contributed by atoms with van der Waals surface area (Å²) in [5.74, 6) is -0.975. The number of benzene rings is 3. The minimum absolute atomic E-state index is 0.0551. The normalized spacial score (nSPS) is 14.4. The summed E-state index contributed by atoms with van der Waals surface area (Å²) in [7, 11) is -3.81. The number of rotatable bonds is 6. The van der Waals surface area contributed by atoms with Gasteiger partial charge in [-0.3, -0.25) is 4.79 Å². The van der Waals surface area contributed by atoms with Crippen LogP contribution in [0.2, 0.25) is 5.02 Å². The molecule has 3 aromatic rings. The Kier molecular flexibility index (Phi) is 7.28. The quantitative estimate of drug-likeness (QED) is 0.407. The standard InChI is InChI=1S/C24H21ClN2O6S/c25-22-10-9-20(34(30,31)27-11-13-32-14-12-27)16-21(22)24(29)33-19-8-4-7-18(15-19)26-23(28)17-5-2-1-3-6-17/h1-10,15-16H,11-14H2,(H,26,28). The zero-order chi connectivity index (χ0) is 24.1. The molecular weight excluding hydrogens is 480 g/mol. The number of hydrogen-bond acceptors (Lipinski definition) is 6. The first-order chi connectivity index (χ1) is 16.3. The van der Waals surface area contributed by atoms with E-state index in [0.29, 0.717) is 24.5 Å². The van der Waals surface area contributed by atoms with E-state index < -0.39 is 16.0 Å². The van der Waals surface area contributed by atoms with Crippen molar-refractivity contribution in [1.82, 2.24) is 4.31 Å². The van der Waals surface area contributed by atoms with E-state index in [0.717, 1.165) is 0 Å². The molecule has 1 fully saturated rings. The Morgan fingerprint density at radius 3 is 2.41 bits per heavy atom. The summed E-state index contributed by atoms with van der Waals surface area (Å²) in [5, 5.41) is 2.79. The smallest absolute Gasteiger partial charge is 0.345 e. The van der Waals surface area contributed by atoms with Crippen molar-refractivity contribution in [3.63, 3.8) is 0 Å². The Morgan fingerprint density at radius 1 is 0.941 bits per heavy atom. The Balaban J connectivity index is 1.51. The minimum Gasteiger partial charge on any atom is -0.423 e. The van der Waals surface area contributed by atoms with E-state index in [1.165, 1.54) is 34.6 Å². The predicted octanol–water partition coefficient (Wildman–Crippen LogP) is 3.83. The van der Waals surface area contributed by atoms with Crippen molar-refractivity contribution in [2.24, 2.45) is 0 Å². The maximum absolute atomic E-state index is 12.9. The number of esters is 1. The lowest BCUT2D eigenvalue weighted by molar-refractivity contribution is 0.0727. The lowest BCUT2D eigenvalue weighted by atomic mass is 10.2. The first kappa shape index (κ1) is 23.9. The van der Waals surface area contributed by atoms with Gasteiger partial charge in [-0.25, -0.2) is 13.2 Å².